The van der Waals surface area contributed by atoms with Crippen LogP contribution in [0.4, 0.5) is 0 Å². The number of benzene rings is 1. The molecular weight excluding hydrogens is 202 g/mol. The Balaban J connectivity index is 2.24. The summed E-state index contributed by atoms with van der Waals surface area (Å²) >= 11 is 5.57. The minimum absolute atomic E-state index is 0.0323. The molecule has 0 bridgehead atoms. The number of hydrogen-bond acceptors (Lipinski definition) is 2. The lowest BCUT2D eigenvalue weighted by molar-refractivity contribution is 0.564. The van der Waals surface area contributed by atoms with Crippen LogP contribution in [0.2, 0.25) is 0 Å². The van der Waals surface area contributed by atoms with Crippen molar-refractivity contribution in [2.75, 3.05) is 6.54 Å². The Morgan fingerprint density at radius 3 is 2.53 bits per heavy atom. The first kappa shape index (κ1) is 10.8. The smallest absolute Gasteiger partial charge is 0.0515 e. The fourth-order valence-corrected chi connectivity index (χ4v) is 2.42. The molecule has 1 aromatic carbocycles. The van der Waals surface area contributed by atoms with Gasteiger partial charge >= 0.3 is 0 Å². The normalized spacial score (nSPS) is 25.5. The molecule has 15 heavy (non-hydrogen) atoms. The van der Waals surface area contributed by atoms with Gasteiger partial charge in [0.05, 0.1) is 5.54 Å². The third-order valence-corrected chi connectivity index (χ3v) is 3.87. The summed E-state index contributed by atoms with van der Waals surface area (Å²) in [4.78, 5) is 1.06. The van der Waals surface area contributed by atoms with Gasteiger partial charge in [0.15, 0.2) is 0 Å². The van der Waals surface area contributed by atoms with Crippen LogP contribution in [0.15, 0.2) is 24.3 Å². The van der Waals surface area contributed by atoms with E-state index in [1.54, 1.807) is 0 Å². The van der Waals surface area contributed by atoms with Gasteiger partial charge < -0.3 is 5.32 Å². The first-order valence-electron chi connectivity index (χ1n) is 5.48. The van der Waals surface area contributed by atoms with Gasteiger partial charge in [-0.2, -0.15) is 0 Å². The highest BCUT2D eigenvalue weighted by Gasteiger charge is 2.32. The van der Waals surface area contributed by atoms with E-state index in [1.165, 1.54) is 17.5 Å². The summed E-state index contributed by atoms with van der Waals surface area (Å²) in [7, 11) is 0. The van der Waals surface area contributed by atoms with Crippen molar-refractivity contribution in [2.24, 2.45) is 0 Å². The average Bonchev–Trinajstić information content (AvgIpc) is 2.67. The quantitative estimate of drug-likeness (QED) is 0.606. The number of hydrogen-bond donors (Lipinski definition) is 1. The summed E-state index contributed by atoms with van der Waals surface area (Å²) in [5, 5.41) is 3.50. The predicted molar refractivity (Wildman–Crippen MR) is 68.5 cm³/mol. The number of rotatable bonds is 2. The van der Waals surface area contributed by atoms with Crippen LogP contribution in [-0.4, -0.2) is 16.9 Å². The maximum absolute atomic E-state index is 5.57. The molecule has 0 aromatic heterocycles. The molecular formula is C13H17NS. The second kappa shape index (κ2) is 4.03. The summed E-state index contributed by atoms with van der Waals surface area (Å²) in [6, 6.07) is 8.51. The van der Waals surface area contributed by atoms with E-state index in [0.717, 1.165) is 17.8 Å². The van der Waals surface area contributed by atoms with Crippen LogP contribution >= 0.6 is 12.2 Å². The summed E-state index contributed by atoms with van der Waals surface area (Å²) in [5.41, 5.74) is 2.50. The fourth-order valence-electron chi connectivity index (χ4n) is 2.11. The van der Waals surface area contributed by atoms with E-state index in [9.17, 15) is 0 Å². The van der Waals surface area contributed by atoms with Crippen LogP contribution in [0.1, 0.15) is 30.9 Å². The zero-order chi connectivity index (χ0) is 10.9. The monoisotopic (exact) mass is 219 g/mol. The van der Waals surface area contributed by atoms with Gasteiger partial charge in [-0.15, -0.1) is 0 Å². The van der Waals surface area contributed by atoms with Crippen molar-refractivity contribution < 1.29 is 0 Å². The van der Waals surface area contributed by atoms with Crippen LogP contribution in [0.25, 0.3) is 0 Å². The average molecular weight is 219 g/mol. The molecule has 1 aromatic rings. The van der Waals surface area contributed by atoms with Gasteiger partial charge in [-0.05, 0) is 38.8 Å². The summed E-state index contributed by atoms with van der Waals surface area (Å²) in [5.74, 6) is 0. The second-order valence-electron chi connectivity index (χ2n) is 4.56. The molecule has 1 nitrogen and oxygen atoms in total. The first-order chi connectivity index (χ1) is 7.12. The Labute approximate surface area is 96.9 Å². The summed E-state index contributed by atoms with van der Waals surface area (Å²) in [6.07, 6.45) is 2.38. The molecule has 1 fully saturated rings. The van der Waals surface area contributed by atoms with Crippen molar-refractivity contribution in [3.63, 3.8) is 0 Å². The van der Waals surface area contributed by atoms with Crippen molar-refractivity contribution in [1.29, 1.82) is 0 Å². The van der Waals surface area contributed by atoms with Crippen LogP contribution in [0.5, 0.6) is 0 Å². The molecule has 1 N–H and O–H groups in total. The molecule has 2 heteroatoms. The highest BCUT2D eigenvalue weighted by atomic mass is 32.1. The van der Waals surface area contributed by atoms with Crippen molar-refractivity contribution in [3.05, 3.63) is 35.4 Å². The van der Waals surface area contributed by atoms with Crippen molar-refractivity contribution in [1.82, 2.24) is 5.32 Å². The van der Waals surface area contributed by atoms with Crippen molar-refractivity contribution in [2.45, 2.75) is 32.2 Å². The zero-order valence-corrected chi connectivity index (χ0v) is 10.2. The van der Waals surface area contributed by atoms with Gasteiger partial charge in [-0.25, -0.2) is 0 Å². The molecule has 0 amide bonds. The fraction of sp³-hybridized carbons (Fsp3) is 0.462. The van der Waals surface area contributed by atoms with Crippen molar-refractivity contribution in [3.8, 4) is 0 Å². The lowest BCUT2D eigenvalue weighted by Gasteiger charge is -2.25. The number of aryl methyl sites for hydroxylation is 1. The van der Waals surface area contributed by atoms with E-state index in [4.69, 9.17) is 12.2 Å². The van der Waals surface area contributed by atoms with Gasteiger partial charge in [0.2, 0.25) is 0 Å². The topological polar surface area (TPSA) is 12.0 Å². The molecule has 0 radical (unpaired) electrons. The van der Waals surface area contributed by atoms with E-state index in [2.05, 4.69) is 43.4 Å². The Hall–Kier alpha value is -0.730. The SMILES string of the molecule is Cc1ccc(C(=S)C2(C)CCCN2)cc1. The van der Waals surface area contributed by atoms with E-state index >= 15 is 0 Å². The van der Waals surface area contributed by atoms with Crippen LogP contribution in [-0.2, 0) is 0 Å². The number of nitrogens with one attached hydrogen (secondary N) is 1. The van der Waals surface area contributed by atoms with E-state index < -0.39 is 0 Å². The molecule has 2 rings (SSSR count). The lowest BCUT2D eigenvalue weighted by atomic mass is 9.91. The largest absolute Gasteiger partial charge is 0.307 e. The molecule has 1 aliphatic rings. The van der Waals surface area contributed by atoms with Gasteiger partial charge in [0.25, 0.3) is 0 Å². The highest BCUT2D eigenvalue weighted by molar-refractivity contribution is 7.81. The van der Waals surface area contributed by atoms with Crippen molar-refractivity contribution >= 4 is 17.1 Å². The Kier molecular flexibility index (Phi) is 2.89. The lowest BCUT2D eigenvalue weighted by Crippen LogP contribution is -2.43. The minimum atomic E-state index is 0.0323. The Morgan fingerprint density at radius 2 is 2.00 bits per heavy atom. The van der Waals surface area contributed by atoms with Gasteiger partial charge in [-0.1, -0.05) is 42.0 Å². The summed E-state index contributed by atoms with van der Waals surface area (Å²) in [6.45, 7) is 5.40. The second-order valence-corrected chi connectivity index (χ2v) is 4.97. The van der Waals surface area contributed by atoms with Crippen LogP contribution < -0.4 is 5.32 Å². The molecule has 80 valence electrons. The molecule has 1 atom stereocenters. The highest BCUT2D eigenvalue weighted by Crippen LogP contribution is 2.24. The van der Waals surface area contributed by atoms with E-state index in [-0.39, 0.29) is 5.54 Å². The van der Waals surface area contributed by atoms with Gasteiger partial charge in [0.1, 0.15) is 0 Å². The maximum atomic E-state index is 5.57. The minimum Gasteiger partial charge on any atom is -0.307 e. The Bertz CT molecular complexity index is 361. The molecule has 1 aliphatic heterocycles. The van der Waals surface area contributed by atoms with Gasteiger partial charge in [-0.3, -0.25) is 0 Å². The predicted octanol–water partition coefficient (Wildman–Crippen LogP) is 2.86. The standard InChI is InChI=1S/C13H17NS/c1-10-4-6-11(7-5-10)12(15)13(2)8-3-9-14-13/h4-7,14H,3,8-9H2,1-2H3. The third kappa shape index (κ3) is 2.11. The Morgan fingerprint density at radius 1 is 1.33 bits per heavy atom. The first-order valence-corrected chi connectivity index (χ1v) is 5.89. The zero-order valence-electron chi connectivity index (χ0n) is 9.34. The van der Waals surface area contributed by atoms with Crippen LogP contribution in [0.3, 0.4) is 0 Å². The molecule has 0 spiro atoms. The molecule has 1 heterocycles. The van der Waals surface area contributed by atoms with Gasteiger partial charge in [0, 0.05) is 4.86 Å². The number of thiocarbonyl (C=S) groups is 1. The molecule has 1 saturated heterocycles. The maximum Gasteiger partial charge on any atom is 0.0515 e. The molecule has 1 unspecified atom stereocenters. The van der Waals surface area contributed by atoms with Crippen LogP contribution in [0, 0.1) is 6.92 Å². The molecule has 0 aliphatic carbocycles. The summed E-state index contributed by atoms with van der Waals surface area (Å²) < 4.78 is 0. The van der Waals surface area contributed by atoms with E-state index in [1.807, 2.05) is 0 Å². The molecule has 0 saturated carbocycles. The third-order valence-electron chi connectivity index (χ3n) is 3.18. The van der Waals surface area contributed by atoms with E-state index in [0.29, 0.717) is 0 Å².